The Balaban J connectivity index is 1.73. The number of thiazole rings is 1. The van der Waals surface area contributed by atoms with Gasteiger partial charge in [0.15, 0.2) is 5.01 Å². The number of ether oxygens (including phenoxy) is 1. The van der Waals surface area contributed by atoms with Gasteiger partial charge in [-0.15, -0.1) is 11.3 Å². The van der Waals surface area contributed by atoms with E-state index in [4.69, 9.17) is 10.5 Å². The van der Waals surface area contributed by atoms with Gasteiger partial charge in [-0.2, -0.15) is 0 Å². The smallest absolute Gasteiger partial charge is 0.226 e. The van der Waals surface area contributed by atoms with E-state index in [1.807, 2.05) is 24.3 Å². The zero-order valence-corrected chi connectivity index (χ0v) is 15.6. The van der Waals surface area contributed by atoms with Crippen molar-refractivity contribution in [2.24, 2.45) is 11.7 Å². The van der Waals surface area contributed by atoms with Crippen molar-refractivity contribution >= 4 is 33.2 Å². The molecule has 0 aliphatic carbocycles. The molecule has 0 radical (unpaired) electrons. The summed E-state index contributed by atoms with van der Waals surface area (Å²) in [7, 11) is 0. The second-order valence-electron chi connectivity index (χ2n) is 6.61. The number of aromatic nitrogens is 1. The van der Waals surface area contributed by atoms with E-state index >= 15 is 0 Å². The van der Waals surface area contributed by atoms with Crippen molar-refractivity contribution in [2.45, 2.75) is 38.1 Å². The van der Waals surface area contributed by atoms with Gasteiger partial charge in [0.05, 0.1) is 28.8 Å². The number of nitrogens with zero attached hydrogens (tertiary/aromatic N) is 1. The van der Waals surface area contributed by atoms with Crippen molar-refractivity contribution in [3.05, 3.63) is 29.3 Å². The third-order valence-corrected chi connectivity index (χ3v) is 5.67. The van der Waals surface area contributed by atoms with Gasteiger partial charge in [0.1, 0.15) is 0 Å². The molecule has 6 nitrogen and oxygen atoms in total. The van der Waals surface area contributed by atoms with E-state index < -0.39 is 6.04 Å². The Labute approximate surface area is 157 Å². The average Bonchev–Trinajstić information content (AvgIpc) is 3.11. The third-order valence-electron chi connectivity index (χ3n) is 4.62. The summed E-state index contributed by atoms with van der Waals surface area (Å²) in [6.45, 7) is 1.71. The SMILES string of the molecule is NCCCC[C@H](NC(=O)[C@@H]1CCCOC1)C(=O)c1nc2ccccc2s1. The number of unbranched alkanes of at least 4 members (excludes halogenated alkanes) is 1. The molecule has 2 heterocycles. The highest BCUT2D eigenvalue weighted by molar-refractivity contribution is 7.20. The summed E-state index contributed by atoms with van der Waals surface area (Å²) < 4.78 is 6.37. The van der Waals surface area contributed by atoms with E-state index in [-0.39, 0.29) is 17.6 Å². The van der Waals surface area contributed by atoms with Crippen LogP contribution in [-0.2, 0) is 9.53 Å². The number of hydrogen-bond acceptors (Lipinski definition) is 6. The largest absolute Gasteiger partial charge is 0.381 e. The summed E-state index contributed by atoms with van der Waals surface area (Å²) in [5.41, 5.74) is 6.39. The minimum absolute atomic E-state index is 0.100. The number of nitrogens with two attached hydrogens (primary N) is 1. The zero-order valence-electron chi connectivity index (χ0n) is 14.8. The number of amides is 1. The quantitative estimate of drug-likeness (QED) is 0.546. The maximum Gasteiger partial charge on any atom is 0.226 e. The normalized spacial score (nSPS) is 18.6. The number of carbonyl (C=O) groups excluding carboxylic acids is 2. The van der Waals surface area contributed by atoms with Gasteiger partial charge in [-0.1, -0.05) is 12.1 Å². The molecule has 0 unspecified atom stereocenters. The van der Waals surface area contributed by atoms with Crippen molar-refractivity contribution in [3.8, 4) is 0 Å². The molecule has 1 saturated heterocycles. The number of para-hydroxylation sites is 1. The lowest BCUT2D eigenvalue weighted by Gasteiger charge is -2.24. The lowest BCUT2D eigenvalue weighted by atomic mass is 9.99. The highest BCUT2D eigenvalue weighted by Crippen LogP contribution is 2.24. The molecular formula is C19H25N3O3S. The lowest BCUT2D eigenvalue weighted by molar-refractivity contribution is -0.129. The predicted molar refractivity (Wildman–Crippen MR) is 102 cm³/mol. The van der Waals surface area contributed by atoms with Crippen LogP contribution in [0.5, 0.6) is 0 Å². The van der Waals surface area contributed by atoms with E-state index in [9.17, 15) is 9.59 Å². The molecule has 1 aromatic carbocycles. The molecule has 3 rings (SSSR count). The van der Waals surface area contributed by atoms with Gasteiger partial charge in [0.25, 0.3) is 0 Å². The second kappa shape index (κ2) is 9.21. The standard InChI is InChI=1S/C19H25N3O3S/c20-10-4-3-8-15(21-18(24)13-6-5-11-25-12-13)17(23)19-22-14-7-1-2-9-16(14)26-19/h1-2,7,9,13,15H,3-6,8,10-12,20H2,(H,21,24)/t13-,15+/m1/s1. The van der Waals surface area contributed by atoms with Crippen molar-refractivity contribution < 1.29 is 14.3 Å². The average molecular weight is 375 g/mol. The van der Waals surface area contributed by atoms with Crippen LogP contribution in [0, 0.1) is 5.92 Å². The van der Waals surface area contributed by atoms with Gasteiger partial charge in [-0.3, -0.25) is 9.59 Å². The molecule has 1 aromatic heterocycles. The van der Waals surface area contributed by atoms with Gasteiger partial charge in [-0.25, -0.2) is 4.98 Å². The van der Waals surface area contributed by atoms with Crippen molar-refractivity contribution in [1.29, 1.82) is 0 Å². The molecule has 3 N–H and O–H groups in total. The van der Waals surface area contributed by atoms with Gasteiger partial charge in [0.2, 0.25) is 11.7 Å². The van der Waals surface area contributed by atoms with E-state index in [0.29, 0.717) is 31.2 Å². The number of carbonyl (C=O) groups is 2. The first-order chi connectivity index (χ1) is 12.7. The van der Waals surface area contributed by atoms with Gasteiger partial charge in [0, 0.05) is 6.61 Å². The fraction of sp³-hybridized carbons (Fsp3) is 0.526. The fourth-order valence-corrected chi connectivity index (χ4v) is 4.09. The summed E-state index contributed by atoms with van der Waals surface area (Å²) in [6, 6.07) is 7.12. The van der Waals surface area contributed by atoms with Gasteiger partial charge in [-0.05, 0) is 50.8 Å². The number of fused-ring (bicyclic) bond motifs is 1. The Morgan fingerprint density at radius 3 is 2.92 bits per heavy atom. The van der Waals surface area contributed by atoms with Crippen molar-refractivity contribution in [2.75, 3.05) is 19.8 Å². The topological polar surface area (TPSA) is 94.3 Å². The number of Topliss-reactive ketones (excluding diaryl/α,β-unsaturated/α-hetero) is 1. The van der Waals surface area contributed by atoms with Crippen LogP contribution in [0.3, 0.4) is 0 Å². The Bertz CT molecular complexity index is 722. The summed E-state index contributed by atoms with van der Waals surface area (Å²) in [5, 5.41) is 3.39. The van der Waals surface area contributed by atoms with Crippen LogP contribution in [-0.4, -0.2) is 42.5 Å². The summed E-state index contributed by atoms with van der Waals surface area (Å²) in [6.07, 6.45) is 3.87. The molecule has 7 heteroatoms. The third kappa shape index (κ3) is 4.66. The van der Waals surface area contributed by atoms with Gasteiger partial charge < -0.3 is 15.8 Å². The Morgan fingerprint density at radius 1 is 1.35 bits per heavy atom. The first-order valence-corrected chi connectivity index (χ1v) is 9.98. The van der Waals surface area contributed by atoms with Crippen LogP contribution < -0.4 is 11.1 Å². The number of hydrogen-bond donors (Lipinski definition) is 2. The van der Waals surface area contributed by atoms with Crippen molar-refractivity contribution in [3.63, 3.8) is 0 Å². The molecule has 1 amide bonds. The van der Waals surface area contributed by atoms with Crippen LogP contribution >= 0.6 is 11.3 Å². The van der Waals surface area contributed by atoms with Crippen LogP contribution in [0.25, 0.3) is 10.2 Å². The van der Waals surface area contributed by atoms with E-state index in [2.05, 4.69) is 10.3 Å². The molecule has 26 heavy (non-hydrogen) atoms. The molecule has 1 aliphatic heterocycles. The highest BCUT2D eigenvalue weighted by Gasteiger charge is 2.28. The van der Waals surface area contributed by atoms with Crippen molar-refractivity contribution in [1.82, 2.24) is 10.3 Å². The number of ketones is 1. The monoisotopic (exact) mass is 375 g/mol. The van der Waals surface area contributed by atoms with E-state index in [1.165, 1.54) is 11.3 Å². The molecular weight excluding hydrogens is 350 g/mol. The zero-order chi connectivity index (χ0) is 18.4. The van der Waals surface area contributed by atoms with Gasteiger partial charge >= 0.3 is 0 Å². The molecule has 2 aromatic rings. The van der Waals surface area contributed by atoms with Crippen LogP contribution in [0.1, 0.15) is 41.9 Å². The molecule has 0 bridgehead atoms. The number of benzene rings is 1. The minimum atomic E-state index is -0.559. The molecule has 1 aliphatic rings. The maximum atomic E-state index is 13.0. The molecule has 2 atom stereocenters. The Morgan fingerprint density at radius 2 is 2.19 bits per heavy atom. The highest BCUT2D eigenvalue weighted by atomic mass is 32.1. The predicted octanol–water partition coefficient (Wildman–Crippen LogP) is 2.52. The summed E-state index contributed by atoms with van der Waals surface area (Å²) >= 11 is 1.37. The second-order valence-corrected chi connectivity index (χ2v) is 7.64. The van der Waals surface area contributed by atoms with E-state index in [1.54, 1.807) is 0 Å². The minimum Gasteiger partial charge on any atom is -0.381 e. The lowest BCUT2D eigenvalue weighted by Crippen LogP contribution is -2.45. The molecule has 0 spiro atoms. The summed E-state index contributed by atoms with van der Waals surface area (Å²) in [4.78, 5) is 30.0. The van der Waals surface area contributed by atoms with E-state index in [0.717, 1.165) is 35.9 Å². The Kier molecular flexibility index (Phi) is 6.71. The molecule has 140 valence electrons. The van der Waals surface area contributed by atoms with Crippen LogP contribution in [0.2, 0.25) is 0 Å². The maximum absolute atomic E-state index is 13.0. The van der Waals surface area contributed by atoms with Crippen LogP contribution in [0.15, 0.2) is 24.3 Å². The number of nitrogens with one attached hydrogen (secondary N) is 1. The summed E-state index contributed by atoms with van der Waals surface area (Å²) in [5.74, 6) is -0.394. The fourth-order valence-electron chi connectivity index (χ4n) is 3.13. The Hall–Kier alpha value is -1.83. The first kappa shape index (κ1) is 18.9. The number of rotatable bonds is 8. The van der Waals surface area contributed by atoms with Crippen LogP contribution in [0.4, 0.5) is 0 Å². The molecule has 0 saturated carbocycles. The first-order valence-electron chi connectivity index (χ1n) is 9.17. The molecule has 1 fully saturated rings.